The van der Waals surface area contributed by atoms with Gasteiger partial charge in [-0.3, -0.25) is 14.4 Å². The van der Waals surface area contributed by atoms with Gasteiger partial charge in [0.15, 0.2) is 0 Å². The van der Waals surface area contributed by atoms with Crippen molar-refractivity contribution < 1.29 is 33.4 Å². The molecule has 0 radical (unpaired) electrons. The lowest BCUT2D eigenvalue weighted by atomic mass is 9.75. The molecule has 8 atom stereocenters. The number of amides is 2. The van der Waals surface area contributed by atoms with Gasteiger partial charge in [-0.2, -0.15) is 0 Å². The maximum atomic E-state index is 13.5. The number of hydrogen-bond acceptors (Lipinski definition) is 7. The summed E-state index contributed by atoms with van der Waals surface area (Å²) in [4.78, 5) is 66.8. The quantitative estimate of drug-likeness (QED) is 0.258. The Morgan fingerprint density at radius 1 is 0.673 bits per heavy atom. The third-order valence-electron chi connectivity index (χ3n) is 12.0. The van der Waals surface area contributed by atoms with Gasteiger partial charge in [0, 0.05) is 49.6 Å². The van der Waals surface area contributed by atoms with Crippen LogP contribution in [0.15, 0.2) is 0 Å². The fourth-order valence-corrected chi connectivity index (χ4v) is 8.28. The highest BCUT2D eigenvalue weighted by Gasteiger charge is 2.71. The smallest absolute Gasteiger partial charge is 0.328 e. The Kier molecular flexibility index (Phi) is 13.3. The zero-order chi connectivity index (χ0) is 36.4. The van der Waals surface area contributed by atoms with Gasteiger partial charge in [-0.1, -0.05) is 112 Å². The van der Waals surface area contributed by atoms with Crippen molar-refractivity contribution in [2.45, 2.75) is 137 Å². The Labute approximate surface area is 299 Å². The number of ketones is 1. The highest BCUT2D eigenvalue weighted by Crippen LogP contribution is 2.66. The summed E-state index contributed by atoms with van der Waals surface area (Å²) in [5, 5.41) is 0. The molecule has 0 aromatic rings. The second kappa shape index (κ2) is 14.7. The lowest BCUT2D eigenvalue weighted by molar-refractivity contribution is -0.156. The Hall–Kier alpha value is -2.45. The number of fused-ring (bicyclic) bond motifs is 2. The van der Waals surface area contributed by atoms with Gasteiger partial charge in [0.25, 0.3) is 0 Å². The van der Waals surface area contributed by atoms with Crippen molar-refractivity contribution in [3.63, 3.8) is 0 Å². The third kappa shape index (κ3) is 8.90. The molecule has 9 nitrogen and oxygen atoms in total. The number of esters is 2. The average Bonchev–Trinajstić information content (AvgIpc) is 3.42. The summed E-state index contributed by atoms with van der Waals surface area (Å²) in [6.07, 6.45) is 0.675. The Balaban J connectivity index is 0.000000489. The number of likely N-dealkylation sites (tertiary alicyclic amines) is 2. The van der Waals surface area contributed by atoms with E-state index in [1.54, 1.807) is 9.80 Å². The summed E-state index contributed by atoms with van der Waals surface area (Å²) >= 11 is 0. The molecule has 4 unspecified atom stereocenters. The molecular weight excluding hydrogens is 620 g/mol. The number of rotatable bonds is 7. The molecule has 2 aliphatic heterocycles. The largest absolute Gasteiger partial charge is 0.467 e. The van der Waals surface area contributed by atoms with Crippen molar-refractivity contribution in [3.05, 3.63) is 0 Å². The normalized spacial score (nSPS) is 28.6. The summed E-state index contributed by atoms with van der Waals surface area (Å²) in [7, 11) is 2.78. The van der Waals surface area contributed by atoms with E-state index < -0.39 is 18.0 Å². The van der Waals surface area contributed by atoms with Crippen LogP contribution >= 0.6 is 0 Å². The van der Waals surface area contributed by atoms with Gasteiger partial charge in [0.2, 0.25) is 11.8 Å². The van der Waals surface area contributed by atoms with Gasteiger partial charge in [-0.25, -0.2) is 9.59 Å². The van der Waals surface area contributed by atoms with Gasteiger partial charge in [-0.15, -0.1) is 0 Å². The first-order valence-corrected chi connectivity index (χ1v) is 17.4. The molecule has 0 spiro atoms. The molecule has 0 bridgehead atoms. The van der Waals surface area contributed by atoms with Crippen LogP contribution in [-0.4, -0.2) is 78.7 Å². The van der Waals surface area contributed by atoms with Crippen LogP contribution in [0.5, 0.6) is 0 Å². The number of hydrogen-bond donors (Lipinski definition) is 0. The predicted molar refractivity (Wildman–Crippen MR) is 195 cm³/mol. The molecule has 2 heterocycles. The molecule has 2 saturated heterocycles. The van der Waals surface area contributed by atoms with Gasteiger partial charge >= 0.3 is 11.9 Å². The fraction of sp³-hybridized carbons (Fsp3) is 0.875. The summed E-state index contributed by atoms with van der Waals surface area (Å²) in [6.45, 7) is 30.1. The number of piperidine rings is 2. The van der Waals surface area contributed by atoms with Gasteiger partial charge in [0.05, 0.1) is 14.2 Å². The number of nitrogens with zero attached hydrogens (tertiary/aromatic N) is 2. The Bertz CT molecular complexity index is 1250. The predicted octanol–water partition coefficient (Wildman–Crippen LogP) is 7.30. The summed E-state index contributed by atoms with van der Waals surface area (Å²) in [6, 6.07) is -0.914. The molecule has 2 amide bonds. The number of carbonyl (C=O) groups excluding carboxylic acids is 5. The van der Waals surface area contributed by atoms with Crippen LogP contribution in [0.25, 0.3) is 0 Å². The van der Waals surface area contributed by atoms with E-state index >= 15 is 0 Å². The van der Waals surface area contributed by atoms with Crippen LogP contribution in [0.4, 0.5) is 0 Å². The second-order valence-corrected chi connectivity index (χ2v) is 19.3. The van der Waals surface area contributed by atoms with Crippen molar-refractivity contribution in [2.75, 3.05) is 27.3 Å². The first kappa shape index (κ1) is 44.6. The maximum absolute atomic E-state index is 13.5. The van der Waals surface area contributed by atoms with Crippen molar-refractivity contribution >= 4 is 29.5 Å². The molecule has 4 fully saturated rings. The molecule has 0 aromatic carbocycles. The fourth-order valence-electron chi connectivity index (χ4n) is 8.28. The van der Waals surface area contributed by atoms with E-state index in [1.807, 2.05) is 48.5 Å². The molecule has 4 aliphatic rings. The van der Waals surface area contributed by atoms with Crippen molar-refractivity contribution in [1.82, 2.24) is 9.80 Å². The van der Waals surface area contributed by atoms with E-state index in [0.29, 0.717) is 31.3 Å². The summed E-state index contributed by atoms with van der Waals surface area (Å²) in [5.41, 5.74) is -0.334. The molecule has 49 heavy (non-hydrogen) atoms. The van der Waals surface area contributed by atoms with Crippen molar-refractivity contribution in [2.24, 2.45) is 62.6 Å². The van der Waals surface area contributed by atoms with Crippen molar-refractivity contribution in [1.29, 1.82) is 0 Å². The summed E-state index contributed by atoms with van der Waals surface area (Å²) < 4.78 is 9.96. The minimum atomic E-state index is -0.523. The zero-order valence-corrected chi connectivity index (χ0v) is 32.2. The number of Topliss-reactive ketones (excluding diaryl/α,β-unsaturated/α-hetero) is 1. The molecule has 0 N–H and O–H groups in total. The highest BCUT2D eigenvalue weighted by atomic mass is 16.5. The van der Waals surface area contributed by atoms with Gasteiger partial charge in [0.1, 0.15) is 17.9 Å². The third-order valence-corrected chi connectivity index (χ3v) is 12.0. The van der Waals surface area contributed by atoms with E-state index in [2.05, 4.69) is 48.5 Å². The Morgan fingerprint density at radius 3 is 1.35 bits per heavy atom. The first-order chi connectivity index (χ1) is 21.1. The van der Waals surface area contributed by atoms with Gasteiger partial charge in [-0.05, 0) is 38.9 Å². The van der Waals surface area contributed by atoms with Crippen LogP contribution in [0.2, 0.25) is 0 Å². The standard InChI is InChI=1S/C22H37NO4.C16H27NO3.2CH4/c1-20(2,3)11-13(24)10-14(21(4,5)6)18(25)23-12-15-16(22(15,7)8)17(23)19(26)27-9;1-9(15(2,3)4)13(18)17-8-10-11(16(10,5)6)12(17)14(19)20-7;;/h14-17H,10-12H2,1-9H3;9-12H,8H2,1-7H3;2*1H4/t14-,15?,16?,17+;9-,10?,11?,12+;;/m11../s1. The molecular formula is C40H72N2O7. The molecule has 4 rings (SSSR count). The maximum Gasteiger partial charge on any atom is 0.328 e. The Morgan fingerprint density at radius 2 is 1.04 bits per heavy atom. The topological polar surface area (TPSA) is 110 Å². The minimum absolute atomic E-state index is 0. The average molecular weight is 693 g/mol. The van der Waals surface area contributed by atoms with E-state index in [0.717, 1.165) is 0 Å². The van der Waals surface area contributed by atoms with Crippen molar-refractivity contribution in [3.8, 4) is 0 Å². The van der Waals surface area contributed by atoms with Gasteiger partial charge < -0.3 is 19.3 Å². The lowest BCUT2D eigenvalue weighted by Crippen LogP contribution is -2.50. The summed E-state index contributed by atoms with van der Waals surface area (Å²) in [5.74, 6) is 0.141. The van der Waals surface area contributed by atoms with E-state index in [-0.39, 0.29) is 95.6 Å². The zero-order valence-electron chi connectivity index (χ0n) is 32.2. The number of carbonyl (C=O) groups is 5. The van der Waals surface area contributed by atoms with Crippen LogP contribution < -0.4 is 0 Å². The van der Waals surface area contributed by atoms with Crippen LogP contribution in [0, 0.1) is 62.6 Å². The van der Waals surface area contributed by atoms with Crippen LogP contribution in [-0.2, 0) is 33.4 Å². The SMILES string of the molecule is C.C.COC(=O)[C@@H]1C2C(CN1C(=O)[C@@H](C)C(C)(C)C)C2(C)C.COC(=O)[C@@H]1C2C(CN1C(=O)[C@@H](CC(=O)CC(C)(C)C)C(C)(C)C)C2(C)C. The van der Waals surface area contributed by atoms with E-state index in [9.17, 15) is 24.0 Å². The van der Waals surface area contributed by atoms with E-state index in [4.69, 9.17) is 9.47 Å². The number of ether oxygens (including phenoxy) is 2. The molecule has 9 heteroatoms. The molecule has 2 aliphatic carbocycles. The number of methoxy groups -OCH3 is 2. The van der Waals surface area contributed by atoms with Crippen LogP contribution in [0.1, 0.15) is 125 Å². The molecule has 0 aromatic heterocycles. The molecule has 2 saturated carbocycles. The highest BCUT2D eigenvalue weighted by molar-refractivity contribution is 5.91. The van der Waals surface area contributed by atoms with Crippen LogP contribution in [0.3, 0.4) is 0 Å². The minimum Gasteiger partial charge on any atom is -0.467 e. The second-order valence-electron chi connectivity index (χ2n) is 19.3. The first-order valence-electron chi connectivity index (χ1n) is 17.4. The lowest BCUT2D eigenvalue weighted by Gasteiger charge is -2.37. The monoisotopic (exact) mass is 693 g/mol. The van der Waals surface area contributed by atoms with E-state index in [1.165, 1.54) is 14.2 Å². The molecule has 284 valence electrons.